The van der Waals surface area contributed by atoms with E-state index in [1.54, 1.807) is 7.05 Å². The number of rotatable bonds is 5. The van der Waals surface area contributed by atoms with Crippen LogP contribution in [-0.2, 0) is 11.2 Å². The standard InChI is InChI=1S/C12H18N2O2/c1-13-11(12(15)16)8-9-4-6-10(7-5-9)14(2)3/h4-7,11,13H,8H2,1-3H3,(H,15,16)/t11-/m0/s1. The van der Waals surface area contributed by atoms with Crippen LogP contribution in [0.5, 0.6) is 0 Å². The predicted octanol–water partition coefficient (Wildman–Crippen LogP) is 0.968. The molecule has 0 saturated carbocycles. The molecule has 0 aliphatic heterocycles. The van der Waals surface area contributed by atoms with Crippen molar-refractivity contribution in [3.05, 3.63) is 29.8 Å². The van der Waals surface area contributed by atoms with Crippen LogP contribution in [0.15, 0.2) is 24.3 Å². The Morgan fingerprint density at radius 3 is 2.31 bits per heavy atom. The van der Waals surface area contributed by atoms with Gasteiger partial charge in [0, 0.05) is 19.8 Å². The second-order valence-corrected chi connectivity index (χ2v) is 3.94. The summed E-state index contributed by atoms with van der Waals surface area (Å²) in [6, 6.07) is 7.38. The van der Waals surface area contributed by atoms with Gasteiger partial charge in [0.05, 0.1) is 0 Å². The number of nitrogens with one attached hydrogen (secondary N) is 1. The van der Waals surface area contributed by atoms with Crippen LogP contribution < -0.4 is 10.2 Å². The molecule has 1 aromatic carbocycles. The SMILES string of the molecule is CN[C@@H](Cc1ccc(N(C)C)cc1)C(=O)O. The highest BCUT2D eigenvalue weighted by atomic mass is 16.4. The smallest absolute Gasteiger partial charge is 0.321 e. The van der Waals surface area contributed by atoms with Gasteiger partial charge < -0.3 is 15.3 Å². The van der Waals surface area contributed by atoms with E-state index in [2.05, 4.69) is 5.32 Å². The summed E-state index contributed by atoms with van der Waals surface area (Å²) in [5.41, 5.74) is 2.13. The van der Waals surface area contributed by atoms with Crippen molar-refractivity contribution < 1.29 is 9.90 Å². The van der Waals surface area contributed by atoms with Crippen molar-refractivity contribution in [2.24, 2.45) is 0 Å². The predicted molar refractivity (Wildman–Crippen MR) is 65.0 cm³/mol. The summed E-state index contributed by atoms with van der Waals surface area (Å²) in [6.45, 7) is 0. The van der Waals surface area contributed by atoms with Crippen LogP contribution in [-0.4, -0.2) is 38.3 Å². The Hall–Kier alpha value is -1.55. The largest absolute Gasteiger partial charge is 0.480 e. The molecule has 0 spiro atoms. The number of carboxylic acids is 1. The first-order chi connectivity index (χ1) is 7.54. The molecule has 1 atom stereocenters. The van der Waals surface area contributed by atoms with Crippen molar-refractivity contribution in [2.75, 3.05) is 26.0 Å². The minimum absolute atomic E-state index is 0.500. The van der Waals surface area contributed by atoms with Crippen LogP contribution >= 0.6 is 0 Å². The highest BCUT2D eigenvalue weighted by molar-refractivity contribution is 5.73. The van der Waals surface area contributed by atoms with Gasteiger partial charge in [-0.15, -0.1) is 0 Å². The first kappa shape index (κ1) is 12.5. The molecule has 1 rings (SSSR count). The maximum absolute atomic E-state index is 10.8. The normalized spacial score (nSPS) is 12.2. The molecular formula is C12H18N2O2. The van der Waals surface area contributed by atoms with E-state index >= 15 is 0 Å². The van der Waals surface area contributed by atoms with E-state index in [0.29, 0.717) is 6.42 Å². The molecule has 2 N–H and O–H groups in total. The van der Waals surface area contributed by atoms with Gasteiger partial charge in [-0.3, -0.25) is 4.79 Å². The average molecular weight is 222 g/mol. The summed E-state index contributed by atoms with van der Waals surface area (Å²) in [4.78, 5) is 12.8. The topological polar surface area (TPSA) is 52.6 Å². The summed E-state index contributed by atoms with van der Waals surface area (Å²) in [5, 5.41) is 11.7. The lowest BCUT2D eigenvalue weighted by atomic mass is 10.1. The van der Waals surface area contributed by atoms with Crippen molar-refractivity contribution in [1.29, 1.82) is 0 Å². The number of likely N-dealkylation sites (N-methyl/N-ethyl adjacent to an activating group) is 1. The molecule has 0 fully saturated rings. The molecular weight excluding hydrogens is 204 g/mol. The van der Waals surface area contributed by atoms with Gasteiger partial charge in [-0.2, -0.15) is 0 Å². The van der Waals surface area contributed by atoms with E-state index in [9.17, 15) is 4.79 Å². The highest BCUT2D eigenvalue weighted by Crippen LogP contribution is 2.13. The molecule has 4 heteroatoms. The first-order valence-corrected chi connectivity index (χ1v) is 5.21. The fourth-order valence-corrected chi connectivity index (χ4v) is 1.48. The summed E-state index contributed by atoms with van der Waals surface area (Å²) in [7, 11) is 5.61. The van der Waals surface area contributed by atoms with Crippen LogP contribution in [0.3, 0.4) is 0 Å². The Morgan fingerprint density at radius 1 is 1.38 bits per heavy atom. The average Bonchev–Trinajstić information content (AvgIpc) is 2.26. The quantitative estimate of drug-likeness (QED) is 0.779. The Morgan fingerprint density at radius 2 is 1.94 bits per heavy atom. The molecule has 0 heterocycles. The third kappa shape index (κ3) is 3.24. The third-order valence-corrected chi connectivity index (χ3v) is 2.54. The Balaban J connectivity index is 2.71. The van der Waals surface area contributed by atoms with E-state index in [4.69, 9.17) is 5.11 Å². The highest BCUT2D eigenvalue weighted by Gasteiger charge is 2.14. The molecule has 0 bridgehead atoms. The zero-order chi connectivity index (χ0) is 12.1. The van der Waals surface area contributed by atoms with E-state index in [1.807, 2.05) is 43.3 Å². The van der Waals surface area contributed by atoms with Crippen LogP contribution in [0.2, 0.25) is 0 Å². The van der Waals surface area contributed by atoms with Gasteiger partial charge in [-0.25, -0.2) is 0 Å². The molecule has 0 aliphatic rings. The van der Waals surface area contributed by atoms with Gasteiger partial charge in [-0.05, 0) is 31.2 Å². The molecule has 0 aliphatic carbocycles. The monoisotopic (exact) mass is 222 g/mol. The molecule has 0 saturated heterocycles. The number of benzene rings is 1. The van der Waals surface area contributed by atoms with E-state index < -0.39 is 12.0 Å². The molecule has 16 heavy (non-hydrogen) atoms. The summed E-state index contributed by atoms with van der Waals surface area (Å²) < 4.78 is 0. The number of anilines is 1. The second kappa shape index (κ2) is 5.51. The number of carboxylic acid groups (broad SMARTS) is 1. The van der Waals surface area contributed by atoms with Gasteiger partial charge in [0.2, 0.25) is 0 Å². The number of aliphatic carboxylic acids is 1. The van der Waals surface area contributed by atoms with Gasteiger partial charge >= 0.3 is 5.97 Å². The fourth-order valence-electron chi connectivity index (χ4n) is 1.48. The Labute approximate surface area is 95.9 Å². The van der Waals surface area contributed by atoms with E-state index in [-0.39, 0.29) is 0 Å². The zero-order valence-corrected chi connectivity index (χ0v) is 9.90. The van der Waals surface area contributed by atoms with E-state index in [0.717, 1.165) is 11.3 Å². The second-order valence-electron chi connectivity index (χ2n) is 3.94. The van der Waals surface area contributed by atoms with Gasteiger partial charge in [0.25, 0.3) is 0 Å². The first-order valence-electron chi connectivity index (χ1n) is 5.21. The third-order valence-electron chi connectivity index (χ3n) is 2.54. The van der Waals surface area contributed by atoms with Crippen LogP contribution in [0.25, 0.3) is 0 Å². The Kier molecular flexibility index (Phi) is 4.31. The molecule has 4 nitrogen and oxygen atoms in total. The van der Waals surface area contributed by atoms with Crippen LogP contribution in [0.4, 0.5) is 5.69 Å². The maximum atomic E-state index is 10.8. The van der Waals surface area contributed by atoms with Crippen molar-refractivity contribution in [3.8, 4) is 0 Å². The van der Waals surface area contributed by atoms with Gasteiger partial charge in [0.1, 0.15) is 6.04 Å². The lowest BCUT2D eigenvalue weighted by molar-refractivity contribution is -0.139. The van der Waals surface area contributed by atoms with E-state index in [1.165, 1.54) is 0 Å². The molecule has 0 aromatic heterocycles. The van der Waals surface area contributed by atoms with Crippen molar-refractivity contribution in [2.45, 2.75) is 12.5 Å². The number of carbonyl (C=O) groups is 1. The van der Waals surface area contributed by atoms with Crippen molar-refractivity contribution in [3.63, 3.8) is 0 Å². The summed E-state index contributed by atoms with van der Waals surface area (Å²) in [5.74, 6) is -0.820. The molecule has 0 amide bonds. The molecule has 0 radical (unpaired) electrons. The van der Waals surface area contributed by atoms with Gasteiger partial charge in [0.15, 0.2) is 0 Å². The Bertz CT molecular complexity index is 347. The van der Waals surface area contributed by atoms with Crippen LogP contribution in [0, 0.1) is 0 Å². The van der Waals surface area contributed by atoms with Gasteiger partial charge in [-0.1, -0.05) is 12.1 Å². The van der Waals surface area contributed by atoms with Crippen molar-refractivity contribution in [1.82, 2.24) is 5.32 Å². The number of hydrogen-bond donors (Lipinski definition) is 2. The number of nitrogens with zero attached hydrogens (tertiary/aromatic N) is 1. The number of hydrogen-bond acceptors (Lipinski definition) is 3. The fraction of sp³-hybridized carbons (Fsp3) is 0.417. The van der Waals surface area contributed by atoms with Crippen molar-refractivity contribution >= 4 is 11.7 Å². The maximum Gasteiger partial charge on any atom is 0.321 e. The minimum Gasteiger partial charge on any atom is -0.480 e. The molecule has 0 unspecified atom stereocenters. The lowest BCUT2D eigenvalue weighted by Gasteiger charge is -2.14. The summed E-state index contributed by atoms with van der Waals surface area (Å²) in [6.07, 6.45) is 0.500. The van der Waals surface area contributed by atoms with Crippen LogP contribution in [0.1, 0.15) is 5.56 Å². The minimum atomic E-state index is -0.820. The summed E-state index contributed by atoms with van der Waals surface area (Å²) >= 11 is 0. The molecule has 1 aromatic rings. The zero-order valence-electron chi connectivity index (χ0n) is 9.90. The lowest BCUT2D eigenvalue weighted by Crippen LogP contribution is -2.35. The molecule has 88 valence electrons.